The van der Waals surface area contributed by atoms with Crippen molar-refractivity contribution in [1.29, 1.82) is 0 Å². The summed E-state index contributed by atoms with van der Waals surface area (Å²) in [7, 11) is 2.00. The van der Waals surface area contributed by atoms with Crippen molar-refractivity contribution in [3.63, 3.8) is 0 Å². The van der Waals surface area contributed by atoms with Gasteiger partial charge in [-0.05, 0) is 26.4 Å². The molecule has 10 heavy (non-hydrogen) atoms. The van der Waals surface area contributed by atoms with Crippen LogP contribution in [0.3, 0.4) is 0 Å². The molecule has 1 heterocycles. The highest BCUT2D eigenvalue weighted by Crippen LogP contribution is 2.11. The Bertz CT molecular complexity index is 85.3. The molecule has 60 valence electrons. The summed E-state index contributed by atoms with van der Waals surface area (Å²) in [6.45, 7) is 1.71. The zero-order chi connectivity index (χ0) is 7.40. The smallest absolute Gasteiger partial charge is 0.113 e. The summed E-state index contributed by atoms with van der Waals surface area (Å²) >= 11 is 0. The number of halogens is 1. The van der Waals surface area contributed by atoms with Crippen LogP contribution in [0.5, 0.6) is 0 Å². The predicted molar refractivity (Wildman–Crippen MR) is 40.9 cm³/mol. The summed E-state index contributed by atoms with van der Waals surface area (Å²) in [4.78, 5) is 2.09. The summed E-state index contributed by atoms with van der Waals surface area (Å²) in [6.07, 6.45) is 3.71. The Morgan fingerprint density at radius 3 is 2.90 bits per heavy atom. The Balaban J connectivity index is 2.25. The first kappa shape index (κ1) is 7.99. The lowest BCUT2D eigenvalue weighted by Gasteiger charge is -2.21. The van der Waals surface area contributed by atoms with Gasteiger partial charge in [-0.15, -0.1) is 0 Å². The lowest BCUT2D eigenvalue weighted by Crippen LogP contribution is -2.29. The van der Waals surface area contributed by atoms with E-state index in [1.54, 1.807) is 0 Å². The molecule has 0 N–H and O–H groups in total. The Labute approximate surface area is 62.2 Å². The third-order valence-corrected chi connectivity index (χ3v) is 2.07. The Hall–Kier alpha value is -0.110. The van der Waals surface area contributed by atoms with Gasteiger partial charge in [-0.2, -0.15) is 0 Å². The maximum atomic E-state index is 12.8. The monoisotopic (exact) mass is 145 g/mol. The van der Waals surface area contributed by atoms with E-state index in [0.29, 0.717) is 6.54 Å². The molecular formula is C8H16FN. The highest BCUT2D eigenvalue weighted by molar-refractivity contribution is 4.65. The first-order valence-electron chi connectivity index (χ1n) is 4.11. The molecule has 0 amide bonds. The molecule has 0 aromatic rings. The normalized spacial score (nSPS) is 31.2. The van der Waals surface area contributed by atoms with E-state index in [9.17, 15) is 4.39 Å². The van der Waals surface area contributed by atoms with Crippen LogP contribution in [0, 0.1) is 0 Å². The average molecular weight is 145 g/mol. The molecule has 1 saturated heterocycles. The third kappa shape index (κ3) is 2.65. The van der Waals surface area contributed by atoms with Gasteiger partial charge in [0.25, 0.3) is 0 Å². The number of rotatable bonds is 0. The zero-order valence-corrected chi connectivity index (χ0v) is 6.65. The minimum absolute atomic E-state index is 0.578. The summed E-state index contributed by atoms with van der Waals surface area (Å²) in [6, 6.07) is 0. The Kier molecular flexibility index (Phi) is 3.13. The fourth-order valence-corrected chi connectivity index (χ4v) is 1.45. The van der Waals surface area contributed by atoms with Crippen LogP contribution >= 0.6 is 0 Å². The van der Waals surface area contributed by atoms with Crippen molar-refractivity contribution in [2.45, 2.75) is 31.9 Å². The van der Waals surface area contributed by atoms with Crippen LogP contribution in [0.25, 0.3) is 0 Å². The van der Waals surface area contributed by atoms with Gasteiger partial charge in [-0.1, -0.05) is 12.8 Å². The second-order valence-electron chi connectivity index (χ2n) is 3.21. The van der Waals surface area contributed by atoms with E-state index in [0.717, 1.165) is 19.4 Å². The van der Waals surface area contributed by atoms with Crippen LogP contribution in [-0.2, 0) is 0 Å². The molecule has 0 aromatic carbocycles. The number of hydrogen-bond acceptors (Lipinski definition) is 1. The quantitative estimate of drug-likeness (QED) is 0.502. The van der Waals surface area contributed by atoms with Crippen molar-refractivity contribution in [2.24, 2.45) is 0 Å². The third-order valence-electron chi connectivity index (χ3n) is 2.07. The summed E-state index contributed by atoms with van der Waals surface area (Å²) < 4.78 is 12.8. The highest BCUT2D eigenvalue weighted by Gasteiger charge is 2.11. The van der Waals surface area contributed by atoms with E-state index >= 15 is 0 Å². The van der Waals surface area contributed by atoms with Gasteiger partial charge in [0.1, 0.15) is 6.17 Å². The molecular weight excluding hydrogens is 129 g/mol. The van der Waals surface area contributed by atoms with Gasteiger partial charge in [0, 0.05) is 6.54 Å². The van der Waals surface area contributed by atoms with Gasteiger partial charge in [0.15, 0.2) is 0 Å². The van der Waals surface area contributed by atoms with Gasteiger partial charge in [0.2, 0.25) is 0 Å². The second kappa shape index (κ2) is 3.91. The van der Waals surface area contributed by atoms with E-state index in [2.05, 4.69) is 4.90 Å². The largest absolute Gasteiger partial charge is 0.303 e. The molecule has 0 bridgehead atoms. The Morgan fingerprint density at radius 2 is 2.10 bits per heavy atom. The van der Waals surface area contributed by atoms with Crippen molar-refractivity contribution in [1.82, 2.24) is 4.90 Å². The average Bonchev–Trinajstić information content (AvgIpc) is 1.83. The molecule has 1 fully saturated rings. The van der Waals surface area contributed by atoms with E-state index in [-0.39, 0.29) is 0 Å². The van der Waals surface area contributed by atoms with Crippen LogP contribution in [0.15, 0.2) is 0 Å². The molecule has 1 rings (SSSR count). The topological polar surface area (TPSA) is 3.24 Å². The molecule has 1 atom stereocenters. The number of nitrogens with zero attached hydrogens (tertiary/aromatic N) is 1. The highest BCUT2D eigenvalue weighted by atomic mass is 19.1. The molecule has 0 spiro atoms. The zero-order valence-electron chi connectivity index (χ0n) is 6.65. The number of alkyl halides is 1. The Morgan fingerprint density at radius 1 is 1.30 bits per heavy atom. The molecule has 0 aromatic heterocycles. The number of hydrogen-bond donors (Lipinski definition) is 0. The lowest BCUT2D eigenvalue weighted by molar-refractivity contribution is 0.189. The molecule has 1 nitrogen and oxygen atoms in total. The van der Waals surface area contributed by atoms with E-state index < -0.39 is 6.17 Å². The molecule has 0 saturated carbocycles. The van der Waals surface area contributed by atoms with Crippen LogP contribution in [0.1, 0.15) is 25.7 Å². The van der Waals surface area contributed by atoms with Crippen molar-refractivity contribution in [3.8, 4) is 0 Å². The van der Waals surface area contributed by atoms with Gasteiger partial charge in [-0.25, -0.2) is 4.39 Å². The molecule has 1 unspecified atom stereocenters. The van der Waals surface area contributed by atoms with E-state index in [4.69, 9.17) is 0 Å². The molecule has 1 aliphatic rings. The first-order chi connectivity index (χ1) is 4.79. The minimum Gasteiger partial charge on any atom is -0.303 e. The SMILES string of the molecule is CN1CCCCCC(F)C1. The predicted octanol–water partition coefficient (Wildman–Crippen LogP) is 1.83. The summed E-state index contributed by atoms with van der Waals surface area (Å²) in [5.41, 5.74) is 0. The van der Waals surface area contributed by atoms with Gasteiger partial charge >= 0.3 is 0 Å². The van der Waals surface area contributed by atoms with E-state index in [1.165, 1.54) is 12.8 Å². The number of likely N-dealkylation sites (tertiary alicyclic amines) is 1. The van der Waals surface area contributed by atoms with Crippen molar-refractivity contribution >= 4 is 0 Å². The van der Waals surface area contributed by atoms with Crippen LogP contribution in [0.4, 0.5) is 4.39 Å². The fraction of sp³-hybridized carbons (Fsp3) is 1.00. The standard InChI is InChI=1S/C8H16FN/c1-10-6-4-2-3-5-8(9)7-10/h8H,2-7H2,1H3. The van der Waals surface area contributed by atoms with Gasteiger partial charge < -0.3 is 4.90 Å². The van der Waals surface area contributed by atoms with Crippen LogP contribution < -0.4 is 0 Å². The second-order valence-corrected chi connectivity index (χ2v) is 3.21. The van der Waals surface area contributed by atoms with Crippen molar-refractivity contribution in [3.05, 3.63) is 0 Å². The van der Waals surface area contributed by atoms with Crippen molar-refractivity contribution in [2.75, 3.05) is 20.1 Å². The van der Waals surface area contributed by atoms with Crippen LogP contribution in [0.2, 0.25) is 0 Å². The maximum absolute atomic E-state index is 12.8. The van der Waals surface area contributed by atoms with Gasteiger partial charge in [-0.3, -0.25) is 0 Å². The van der Waals surface area contributed by atoms with E-state index in [1.807, 2.05) is 7.05 Å². The summed E-state index contributed by atoms with van der Waals surface area (Å²) in [5.74, 6) is 0. The van der Waals surface area contributed by atoms with Crippen LogP contribution in [-0.4, -0.2) is 31.2 Å². The maximum Gasteiger partial charge on any atom is 0.113 e. The van der Waals surface area contributed by atoms with Gasteiger partial charge in [0.05, 0.1) is 0 Å². The van der Waals surface area contributed by atoms with Crippen molar-refractivity contribution < 1.29 is 4.39 Å². The molecule has 0 radical (unpaired) electrons. The molecule has 2 heteroatoms. The minimum atomic E-state index is -0.578. The molecule has 1 aliphatic heterocycles. The first-order valence-corrected chi connectivity index (χ1v) is 4.11. The molecule has 0 aliphatic carbocycles. The fourth-order valence-electron chi connectivity index (χ4n) is 1.45. The lowest BCUT2D eigenvalue weighted by atomic mass is 10.1. The summed E-state index contributed by atoms with van der Waals surface area (Å²) in [5, 5.41) is 0.